The molecule has 2 aromatic rings. The standard InChI is InChI=1S/C41H51F2N7O9/c1-21-8-10-28(11-9-21)45-41(58)46-30(16-25-14-26(42)17-27(43)15-25)35(52)47-34-24(4)59-40(57)33-13-22(2)19-49(33)37(54)23(3)44-36(53)31-7-5-6-12-48(31)38(55)32-18-29(51)20-50(32)39(34)56/h8-11,14-15,17,22-24,29-34,51H,5-7,12-13,16,18-20H2,1-4H3,(H,44,53)(H,47,52)(H2,45,46,58). The Labute approximate surface area is 340 Å². The second-order valence-corrected chi connectivity index (χ2v) is 16.1. The predicted molar refractivity (Wildman–Crippen MR) is 207 cm³/mol. The fourth-order valence-electron chi connectivity index (χ4n) is 8.36. The molecule has 7 amide bonds. The number of carbonyl (C=O) groups is 7. The van der Waals surface area contributed by atoms with Gasteiger partial charge in [0, 0.05) is 44.2 Å². The van der Waals surface area contributed by atoms with Gasteiger partial charge in [0.25, 0.3) is 0 Å². The average Bonchev–Trinajstić information content (AvgIpc) is 3.78. The minimum atomic E-state index is -1.74. The van der Waals surface area contributed by atoms with E-state index in [0.717, 1.165) is 22.6 Å². The Bertz CT molecular complexity index is 1950. The second kappa shape index (κ2) is 18.1. The van der Waals surface area contributed by atoms with Crippen LogP contribution >= 0.6 is 0 Å². The first-order valence-corrected chi connectivity index (χ1v) is 20.0. The van der Waals surface area contributed by atoms with Crippen molar-refractivity contribution in [1.82, 2.24) is 30.7 Å². The Balaban J connectivity index is 1.35. The topological polar surface area (TPSA) is 207 Å². The van der Waals surface area contributed by atoms with Crippen LogP contribution in [0.4, 0.5) is 19.3 Å². The summed E-state index contributed by atoms with van der Waals surface area (Å²) in [5.74, 6) is -6.57. The summed E-state index contributed by atoms with van der Waals surface area (Å²) in [7, 11) is 0. The van der Waals surface area contributed by atoms with Gasteiger partial charge in [0.2, 0.25) is 29.5 Å². The van der Waals surface area contributed by atoms with E-state index in [0.29, 0.717) is 24.6 Å². The number of cyclic esters (lactones) is 1. The number of nitrogens with one attached hydrogen (secondary N) is 4. The molecule has 318 valence electrons. The van der Waals surface area contributed by atoms with Gasteiger partial charge in [0.05, 0.1) is 6.10 Å². The number of rotatable bonds is 6. The summed E-state index contributed by atoms with van der Waals surface area (Å²) < 4.78 is 34.5. The fourth-order valence-corrected chi connectivity index (χ4v) is 8.36. The highest BCUT2D eigenvalue weighted by Crippen LogP contribution is 2.29. The van der Waals surface area contributed by atoms with Crippen LogP contribution in [0, 0.1) is 24.5 Å². The van der Waals surface area contributed by atoms with E-state index in [4.69, 9.17) is 4.74 Å². The molecule has 4 saturated heterocycles. The molecule has 4 aliphatic heterocycles. The van der Waals surface area contributed by atoms with Gasteiger partial charge in [0.1, 0.15) is 54.0 Å². The van der Waals surface area contributed by atoms with E-state index in [-0.39, 0.29) is 50.4 Å². The number of nitrogens with zero attached hydrogens (tertiary/aromatic N) is 3. The smallest absolute Gasteiger partial charge is 0.329 e. The molecule has 0 spiro atoms. The molecule has 9 unspecified atom stereocenters. The molecular formula is C41H51F2N7O9. The number of amides is 7. The van der Waals surface area contributed by atoms with Crippen molar-refractivity contribution in [2.45, 2.75) is 115 Å². The van der Waals surface area contributed by atoms with Gasteiger partial charge in [-0.3, -0.25) is 24.0 Å². The first kappa shape index (κ1) is 42.9. The molecule has 4 heterocycles. The van der Waals surface area contributed by atoms with Crippen LogP contribution in [0.5, 0.6) is 0 Å². The van der Waals surface area contributed by atoms with Crippen LogP contribution in [-0.4, -0.2) is 129 Å². The Morgan fingerprint density at radius 1 is 0.864 bits per heavy atom. The van der Waals surface area contributed by atoms with Gasteiger partial charge < -0.3 is 45.8 Å². The number of hydrogen-bond donors (Lipinski definition) is 5. The maximum absolute atomic E-state index is 14.7. The Morgan fingerprint density at radius 3 is 2.24 bits per heavy atom. The van der Waals surface area contributed by atoms with Gasteiger partial charge in [0.15, 0.2) is 0 Å². The van der Waals surface area contributed by atoms with Crippen molar-refractivity contribution in [3.05, 3.63) is 65.2 Å². The highest BCUT2D eigenvalue weighted by atomic mass is 19.1. The number of aliphatic hydroxyl groups excluding tert-OH is 1. The molecule has 2 aromatic carbocycles. The normalized spacial score (nSPS) is 28.5. The van der Waals surface area contributed by atoms with E-state index in [1.807, 2.05) is 13.8 Å². The maximum Gasteiger partial charge on any atom is 0.329 e. The van der Waals surface area contributed by atoms with Gasteiger partial charge in [-0.15, -0.1) is 0 Å². The van der Waals surface area contributed by atoms with Crippen molar-refractivity contribution in [3.8, 4) is 0 Å². The lowest BCUT2D eigenvalue weighted by atomic mass is 9.98. The number of carbonyl (C=O) groups excluding carboxylic acids is 7. The maximum atomic E-state index is 14.7. The van der Waals surface area contributed by atoms with Gasteiger partial charge in [-0.25, -0.2) is 18.4 Å². The monoisotopic (exact) mass is 823 g/mol. The van der Waals surface area contributed by atoms with E-state index in [9.17, 15) is 47.4 Å². The first-order valence-electron chi connectivity index (χ1n) is 20.0. The Kier molecular flexibility index (Phi) is 13.2. The van der Waals surface area contributed by atoms with Crippen molar-refractivity contribution in [2.75, 3.05) is 25.0 Å². The largest absolute Gasteiger partial charge is 0.458 e. The summed E-state index contributed by atoms with van der Waals surface area (Å²) >= 11 is 0. The Hall–Kier alpha value is -5.65. The van der Waals surface area contributed by atoms with Crippen LogP contribution in [0.15, 0.2) is 42.5 Å². The van der Waals surface area contributed by atoms with Crippen LogP contribution < -0.4 is 21.3 Å². The lowest BCUT2D eigenvalue weighted by molar-refractivity contribution is -0.163. The highest BCUT2D eigenvalue weighted by Gasteiger charge is 2.49. The molecule has 0 radical (unpaired) electrons. The quantitative estimate of drug-likeness (QED) is 0.268. The molecule has 4 aliphatic rings. The third kappa shape index (κ3) is 9.97. The van der Waals surface area contributed by atoms with Crippen molar-refractivity contribution in [3.63, 3.8) is 0 Å². The summed E-state index contributed by atoms with van der Waals surface area (Å²) in [4.78, 5) is 102. The third-order valence-electron chi connectivity index (χ3n) is 11.4. The second-order valence-electron chi connectivity index (χ2n) is 16.1. The summed E-state index contributed by atoms with van der Waals surface area (Å²) in [5, 5.41) is 21.3. The number of piperidine rings is 1. The third-order valence-corrected chi connectivity index (χ3v) is 11.4. The molecule has 16 nitrogen and oxygen atoms in total. The molecule has 59 heavy (non-hydrogen) atoms. The molecule has 18 heteroatoms. The highest BCUT2D eigenvalue weighted by molar-refractivity contribution is 5.99. The van der Waals surface area contributed by atoms with Gasteiger partial charge in [-0.2, -0.15) is 0 Å². The molecule has 6 rings (SSSR count). The molecule has 0 aromatic heterocycles. The molecule has 9 atom stereocenters. The zero-order valence-electron chi connectivity index (χ0n) is 33.4. The average molecular weight is 824 g/mol. The van der Waals surface area contributed by atoms with Crippen LogP contribution in [0.3, 0.4) is 0 Å². The zero-order chi connectivity index (χ0) is 42.7. The van der Waals surface area contributed by atoms with Crippen LogP contribution in [0.25, 0.3) is 0 Å². The lowest BCUT2D eigenvalue weighted by Crippen LogP contribution is -2.63. The number of benzene rings is 2. The number of ether oxygens (including phenoxy) is 1. The van der Waals surface area contributed by atoms with Crippen LogP contribution in [0.2, 0.25) is 0 Å². The van der Waals surface area contributed by atoms with E-state index in [2.05, 4.69) is 21.3 Å². The van der Waals surface area contributed by atoms with E-state index < -0.39 is 108 Å². The molecule has 0 bridgehead atoms. The summed E-state index contributed by atoms with van der Waals surface area (Å²) in [6, 6.07) is 0.750. The number of halogens is 2. The number of urea groups is 1. The minimum absolute atomic E-state index is 0.00938. The van der Waals surface area contributed by atoms with Crippen molar-refractivity contribution < 1.29 is 52.2 Å². The number of aryl methyl sites for hydroxylation is 1. The van der Waals surface area contributed by atoms with E-state index in [1.165, 1.54) is 23.6 Å². The Morgan fingerprint density at radius 2 is 1.54 bits per heavy atom. The number of fused-ring (bicyclic) bond motifs is 3. The SMILES string of the molecule is Cc1ccc(NC(=O)NC(Cc2cc(F)cc(F)c2)C(=O)NC2C(=O)N3CC(O)CC3C(=O)N3CCCCC3C(=O)NC(C)C(=O)N3CC(C)CC3C(=O)OC2C)cc1. The van der Waals surface area contributed by atoms with E-state index >= 15 is 0 Å². The van der Waals surface area contributed by atoms with Crippen molar-refractivity contribution in [1.29, 1.82) is 0 Å². The predicted octanol–water partition coefficient (Wildman–Crippen LogP) is 1.52. The van der Waals surface area contributed by atoms with Gasteiger partial charge in [-0.05, 0) is 82.2 Å². The first-order chi connectivity index (χ1) is 28.0. The summed E-state index contributed by atoms with van der Waals surface area (Å²) in [6.45, 7) is 6.54. The lowest BCUT2D eigenvalue weighted by Gasteiger charge is -2.39. The summed E-state index contributed by atoms with van der Waals surface area (Å²) in [6.07, 6.45) is -1.60. The van der Waals surface area contributed by atoms with Gasteiger partial charge in [-0.1, -0.05) is 24.6 Å². The zero-order valence-corrected chi connectivity index (χ0v) is 33.4. The van der Waals surface area contributed by atoms with Crippen LogP contribution in [0.1, 0.15) is 64.0 Å². The number of hydrogen-bond acceptors (Lipinski definition) is 9. The minimum Gasteiger partial charge on any atom is -0.458 e. The molecule has 4 fully saturated rings. The molecular weight excluding hydrogens is 772 g/mol. The summed E-state index contributed by atoms with van der Waals surface area (Å²) in [5.41, 5.74) is 1.28. The number of esters is 1. The van der Waals surface area contributed by atoms with Crippen LogP contribution in [-0.2, 0) is 39.9 Å². The van der Waals surface area contributed by atoms with E-state index in [1.54, 1.807) is 24.3 Å². The van der Waals surface area contributed by atoms with Crippen molar-refractivity contribution >= 4 is 47.2 Å². The molecule has 0 saturated carbocycles. The van der Waals surface area contributed by atoms with Crippen molar-refractivity contribution in [2.24, 2.45) is 5.92 Å². The molecule has 5 N–H and O–H groups in total. The number of aliphatic hydroxyl groups is 1. The number of anilines is 1. The van der Waals surface area contributed by atoms with Gasteiger partial charge >= 0.3 is 12.0 Å². The molecule has 0 aliphatic carbocycles. The fraction of sp³-hybridized carbons (Fsp3) is 0.537.